The first kappa shape index (κ1) is 20.7. The molecule has 154 valence electrons. The van der Waals surface area contributed by atoms with Crippen molar-refractivity contribution in [2.45, 2.75) is 38.3 Å². The summed E-state index contributed by atoms with van der Waals surface area (Å²) >= 11 is 0. The third-order valence-corrected chi connectivity index (χ3v) is 5.03. The predicted octanol–water partition coefficient (Wildman–Crippen LogP) is 3.37. The van der Waals surface area contributed by atoms with Crippen LogP contribution in [0.1, 0.15) is 41.8 Å². The summed E-state index contributed by atoms with van der Waals surface area (Å²) in [6, 6.07) is 11.8. The quantitative estimate of drug-likeness (QED) is 0.653. The predicted molar refractivity (Wildman–Crippen MR) is 108 cm³/mol. The zero-order chi connectivity index (χ0) is 20.5. The molecule has 1 saturated heterocycles. The van der Waals surface area contributed by atoms with E-state index in [0.29, 0.717) is 55.8 Å². The molecule has 1 aliphatic rings. The van der Waals surface area contributed by atoms with Gasteiger partial charge in [-0.2, -0.15) is 5.26 Å². The van der Waals surface area contributed by atoms with E-state index in [9.17, 15) is 4.79 Å². The number of unbranched alkanes of at least 4 members (excludes halogenated alkanes) is 1. The number of furan rings is 1. The number of rotatable bonds is 9. The van der Waals surface area contributed by atoms with Crippen LogP contribution in [0.3, 0.4) is 0 Å². The molecule has 1 amide bonds. The second kappa shape index (κ2) is 10.5. The number of piperidine rings is 1. The van der Waals surface area contributed by atoms with Crippen LogP contribution in [0.2, 0.25) is 0 Å². The molecule has 0 bridgehead atoms. The van der Waals surface area contributed by atoms with Crippen molar-refractivity contribution in [1.82, 2.24) is 10.2 Å². The summed E-state index contributed by atoms with van der Waals surface area (Å²) in [5.41, 5.74) is 1.11. The monoisotopic (exact) mass is 397 g/mol. The van der Waals surface area contributed by atoms with Gasteiger partial charge in [-0.05, 0) is 49.1 Å². The van der Waals surface area contributed by atoms with Crippen molar-refractivity contribution >= 4 is 5.91 Å². The summed E-state index contributed by atoms with van der Waals surface area (Å²) in [5, 5.41) is 12.2. The maximum absolute atomic E-state index is 12.3. The summed E-state index contributed by atoms with van der Waals surface area (Å²) in [5.74, 6) is 1.75. The highest BCUT2D eigenvalue weighted by Crippen LogP contribution is 2.28. The van der Waals surface area contributed by atoms with Crippen LogP contribution in [0.4, 0.5) is 0 Å². The minimum absolute atomic E-state index is 0.0400. The number of carbonyl (C=O) groups is 1. The van der Waals surface area contributed by atoms with Gasteiger partial charge in [0.25, 0.3) is 5.91 Å². The van der Waals surface area contributed by atoms with E-state index < -0.39 is 0 Å². The standard InChI is InChI=1S/C22H27N3O4/c1-27-19-7-6-17(15-21(19)29-13-3-2-10-23)16-24-18-8-11-25(12-9-18)22(26)20-5-4-14-28-20/h4-7,14-15,18,24H,2-3,8-9,11-13,16H2,1H3. The molecule has 2 heterocycles. The van der Waals surface area contributed by atoms with Gasteiger partial charge in [0, 0.05) is 32.1 Å². The molecule has 0 saturated carbocycles. The van der Waals surface area contributed by atoms with Gasteiger partial charge in [-0.25, -0.2) is 0 Å². The number of nitrogens with one attached hydrogen (secondary N) is 1. The highest BCUT2D eigenvalue weighted by molar-refractivity contribution is 5.91. The fourth-order valence-electron chi connectivity index (χ4n) is 3.38. The molecule has 0 spiro atoms. The maximum atomic E-state index is 12.3. The van der Waals surface area contributed by atoms with Crippen LogP contribution in [0.25, 0.3) is 0 Å². The zero-order valence-electron chi connectivity index (χ0n) is 16.7. The number of carbonyl (C=O) groups excluding carboxylic acids is 1. The Labute approximate surface area is 171 Å². The van der Waals surface area contributed by atoms with Gasteiger partial charge in [0.15, 0.2) is 17.3 Å². The van der Waals surface area contributed by atoms with Gasteiger partial charge in [-0.1, -0.05) is 6.07 Å². The highest BCUT2D eigenvalue weighted by Gasteiger charge is 2.24. The van der Waals surface area contributed by atoms with Gasteiger partial charge in [-0.15, -0.1) is 0 Å². The zero-order valence-corrected chi connectivity index (χ0v) is 16.7. The lowest BCUT2D eigenvalue weighted by Crippen LogP contribution is -2.44. The topological polar surface area (TPSA) is 87.7 Å². The van der Waals surface area contributed by atoms with Crippen LogP contribution < -0.4 is 14.8 Å². The van der Waals surface area contributed by atoms with Crippen LogP contribution in [-0.2, 0) is 6.54 Å². The van der Waals surface area contributed by atoms with Gasteiger partial charge >= 0.3 is 0 Å². The highest BCUT2D eigenvalue weighted by atomic mass is 16.5. The Morgan fingerprint density at radius 1 is 1.31 bits per heavy atom. The van der Waals surface area contributed by atoms with E-state index in [1.165, 1.54) is 6.26 Å². The fourth-order valence-corrected chi connectivity index (χ4v) is 3.38. The first-order chi connectivity index (χ1) is 14.2. The van der Waals surface area contributed by atoms with Crippen molar-refractivity contribution in [2.24, 2.45) is 0 Å². The number of likely N-dealkylation sites (tertiary alicyclic amines) is 1. The van der Waals surface area contributed by atoms with Crippen LogP contribution in [0, 0.1) is 11.3 Å². The molecule has 7 heteroatoms. The van der Waals surface area contributed by atoms with Crippen molar-refractivity contribution < 1.29 is 18.7 Å². The lowest BCUT2D eigenvalue weighted by Gasteiger charge is -2.32. The van der Waals surface area contributed by atoms with E-state index in [1.54, 1.807) is 19.2 Å². The third-order valence-electron chi connectivity index (χ3n) is 5.03. The Kier molecular flexibility index (Phi) is 7.54. The number of benzene rings is 1. The molecule has 3 rings (SSSR count). The summed E-state index contributed by atoms with van der Waals surface area (Å²) < 4.78 is 16.4. The second-order valence-electron chi connectivity index (χ2n) is 7.02. The van der Waals surface area contributed by atoms with Crippen LogP contribution >= 0.6 is 0 Å². The van der Waals surface area contributed by atoms with Crippen molar-refractivity contribution in [3.05, 3.63) is 47.9 Å². The molecule has 1 fully saturated rings. The minimum atomic E-state index is -0.0400. The number of hydrogen-bond donors (Lipinski definition) is 1. The Bertz CT molecular complexity index is 821. The smallest absolute Gasteiger partial charge is 0.289 e. The van der Waals surface area contributed by atoms with E-state index in [0.717, 1.165) is 24.9 Å². The fraction of sp³-hybridized carbons (Fsp3) is 0.455. The van der Waals surface area contributed by atoms with Crippen LogP contribution in [0.15, 0.2) is 41.0 Å². The van der Waals surface area contributed by atoms with Crippen LogP contribution in [-0.4, -0.2) is 43.7 Å². The molecule has 0 aliphatic carbocycles. The Morgan fingerprint density at radius 3 is 2.83 bits per heavy atom. The van der Waals surface area contributed by atoms with Crippen LogP contribution in [0.5, 0.6) is 11.5 Å². The molecular formula is C22H27N3O4. The molecule has 7 nitrogen and oxygen atoms in total. The molecule has 2 aromatic rings. The van der Waals surface area contributed by atoms with Crippen molar-refractivity contribution in [3.8, 4) is 17.6 Å². The lowest BCUT2D eigenvalue weighted by molar-refractivity contribution is 0.0672. The molecule has 29 heavy (non-hydrogen) atoms. The third kappa shape index (κ3) is 5.75. The average molecular weight is 397 g/mol. The number of nitriles is 1. The van der Waals surface area contributed by atoms with Gasteiger partial charge < -0.3 is 24.1 Å². The maximum Gasteiger partial charge on any atom is 0.289 e. The Hall–Kier alpha value is -2.98. The lowest BCUT2D eigenvalue weighted by atomic mass is 10.0. The Morgan fingerprint density at radius 2 is 2.14 bits per heavy atom. The summed E-state index contributed by atoms with van der Waals surface area (Å²) in [6.07, 6.45) is 4.50. The largest absolute Gasteiger partial charge is 0.493 e. The summed E-state index contributed by atoms with van der Waals surface area (Å²) in [4.78, 5) is 14.2. The molecule has 0 unspecified atom stereocenters. The van der Waals surface area contributed by atoms with Gasteiger partial charge in [-0.3, -0.25) is 4.79 Å². The van der Waals surface area contributed by atoms with E-state index >= 15 is 0 Å². The van der Waals surface area contributed by atoms with Gasteiger partial charge in [0.05, 0.1) is 26.0 Å². The Balaban J connectivity index is 1.47. The van der Waals surface area contributed by atoms with E-state index in [2.05, 4.69) is 11.4 Å². The molecule has 0 atom stereocenters. The molecule has 0 radical (unpaired) electrons. The molecule has 1 aromatic carbocycles. The van der Waals surface area contributed by atoms with E-state index in [1.807, 2.05) is 23.1 Å². The molecule has 1 aromatic heterocycles. The minimum Gasteiger partial charge on any atom is -0.493 e. The van der Waals surface area contributed by atoms with Gasteiger partial charge in [0.2, 0.25) is 0 Å². The first-order valence-electron chi connectivity index (χ1n) is 9.94. The average Bonchev–Trinajstić information content (AvgIpc) is 3.30. The number of hydrogen-bond acceptors (Lipinski definition) is 6. The molecule has 1 N–H and O–H groups in total. The van der Waals surface area contributed by atoms with E-state index in [4.69, 9.17) is 19.2 Å². The number of amides is 1. The number of methoxy groups -OCH3 is 1. The SMILES string of the molecule is COc1ccc(CNC2CCN(C(=O)c3ccco3)CC2)cc1OCCCC#N. The second-order valence-corrected chi connectivity index (χ2v) is 7.02. The van der Waals surface area contributed by atoms with Crippen molar-refractivity contribution in [1.29, 1.82) is 5.26 Å². The number of nitrogens with zero attached hydrogens (tertiary/aromatic N) is 2. The van der Waals surface area contributed by atoms with Crippen molar-refractivity contribution in [2.75, 3.05) is 26.8 Å². The first-order valence-corrected chi connectivity index (χ1v) is 9.94. The summed E-state index contributed by atoms with van der Waals surface area (Å²) in [6.45, 7) is 2.64. The molecular weight excluding hydrogens is 370 g/mol. The molecule has 1 aliphatic heterocycles. The van der Waals surface area contributed by atoms with Crippen molar-refractivity contribution in [3.63, 3.8) is 0 Å². The summed E-state index contributed by atoms with van der Waals surface area (Å²) in [7, 11) is 1.62. The van der Waals surface area contributed by atoms with Gasteiger partial charge in [0.1, 0.15) is 0 Å². The van der Waals surface area contributed by atoms with E-state index in [-0.39, 0.29) is 5.91 Å². The number of ether oxygens (including phenoxy) is 2. The normalized spacial score (nSPS) is 14.4.